The highest BCUT2D eigenvalue weighted by Crippen LogP contribution is 2.11. The van der Waals surface area contributed by atoms with Crippen molar-refractivity contribution >= 4 is 9.39 Å². The fourth-order valence-corrected chi connectivity index (χ4v) is 1.39. The second kappa shape index (κ2) is 2.93. The highest BCUT2D eigenvalue weighted by Gasteiger charge is 2.21. The Kier molecular flexibility index (Phi) is 2.42. The molecule has 54 valence electrons. The van der Waals surface area contributed by atoms with Gasteiger partial charge in [-0.15, -0.1) is 0 Å². The van der Waals surface area contributed by atoms with E-state index in [1.54, 1.807) is 0 Å². The van der Waals surface area contributed by atoms with E-state index in [2.05, 4.69) is 14.1 Å². The summed E-state index contributed by atoms with van der Waals surface area (Å²) in [6.45, 7) is 1.71. The van der Waals surface area contributed by atoms with Gasteiger partial charge >= 0.3 is 0 Å². The van der Waals surface area contributed by atoms with Crippen LogP contribution in [0, 0.1) is 0 Å². The average Bonchev–Trinajstić information content (AvgIpc) is 1.80. The molecule has 0 saturated carbocycles. The number of nitrogens with two attached hydrogens (primary N) is 1. The number of nitrogens with zero attached hydrogens (tertiary/aromatic N) is 1. The fourth-order valence-electron chi connectivity index (χ4n) is 0.996. The molecule has 1 heterocycles. The Morgan fingerprint density at radius 2 is 2.33 bits per heavy atom. The lowest BCUT2D eigenvalue weighted by Gasteiger charge is -2.30. The van der Waals surface area contributed by atoms with E-state index in [1.807, 2.05) is 0 Å². The van der Waals surface area contributed by atoms with E-state index in [0.29, 0.717) is 0 Å². The van der Waals surface area contributed by atoms with Crippen molar-refractivity contribution in [3.05, 3.63) is 0 Å². The van der Waals surface area contributed by atoms with E-state index in [-0.39, 0.29) is 12.1 Å². The molecule has 9 heavy (non-hydrogen) atoms. The molecule has 4 heteroatoms. The number of hydrogen-bond donors (Lipinski definition) is 2. The van der Waals surface area contributed by atoms with Crippen LogP contribution in [0.4, 0.5) is 0 Å². The number of hydrogen-bond acceptors (Lipinski definition) is 3. The van der Waals surface area contributed by atoms with Crippen LogP contribution in [0.5, 0.6) is 0 Å². The van der Waals surface area contributed by atoms with Crippen LogP contribution in [-0.2, 0) is 0 Å². The van der Waals surface area contributed by atoms with Crippen molar-refractivity contribution in [3.63, 3.8) is 0 Å². The summed E-state index contributed by atoms with van der Waals surface area (Å²) >= 11 is 0. The SMILES string of the molecule is NC1CN(P)CCC1O. The predicted octanol–water partition coefficient (Wildman–Crippen LogP) is -0.830. The second-order valence-electron chi connectivity index (χ2n) is 2.51. The van der Waals surface area contributed by atoms with Crippen LogP contribution in [-0.4, -0.2) is 35.0 Å². The summed E-state index contributed by atoms with van der Waals surface area (Å²) in [5, 5.41) is 9.13. The van der Waals surface area contributed by atoms with Gasteiger partial charge in [-0.1, -0.05) is 9.39 Å². The molecule has 3 atom stereocenters. The van der Waals surface area contributed by atoms with Gasteiger partial charge in [0.2, 0.25) is 0 Å². The molecule has 1 fully saturated rings. The van der Waals surface area contributed by atoms with Gasteiger partial charge in [0.25, 0.3) is 0 Å². The smallest absolute Gasteiger partial charge is 0.0716 e. The summed E-state index contributed by atoms with van der Waals surface area (Å²) in [6.07, 6.45) is 0.506. The van der Waals surface area contributed by atoms with E-state index in [0.717, 1.165) is 19.5 Å². The predicted molar refractivity (Wildman–Crippen MR) is 39.9 cm³/mol. The zero-order valence-electron chi connectivity index (χ0n) is 5.33. The molecule has 0 spiro atoms. The first-order valence-corrected chi connectivity index (χ1v) is 3.65. The molecule has 0 bridgehead atoms. The first kappa shape index (κ1) is 7.42. The zero-order chi connectivity index (χ0) is 6.85. The Labute approximate surface area is 57.5 Å². The fraction of sp³-hybridized carbons (Fsp3) is 1.00. The highest BCUT2D eigenvalue weighted by atomic mass is 31.0. The monoisotopic (exact) mass is 148 g/mol. The number of rotatable bonds is 0. The summed E-state index contributed by atoms with van der Waals surface area (Å²) in [5.74, 6) is 0. The third-order valence-corrected chi connectivity index (χ3v) is 2.12. The second-order valence-corrected chi connectivity index (χ2v) is 3.25. The van der Waals surface area contributed by atoms with Crippen LogP contribution in [0.15, 0.2) is 0 Å². The molecule has 3 N–H and O–H groups in total. The van der Waals surface area contributed by atoms with Crippen molar-refractivity contribution in [2.75, 3.05) is 13.1 Å². The molecule has 3 nitrogen and oxygen atoms in total. The van der Waals surface area contributed by atoms with Crippen molar-refractivity contribution in [1.29, 1.82) is 0 Å². The Balaban J connectivity index is 2.35. The average molecular weight is 148 g/mol. The Morgan fingerprint density at radius 3 is 2.78 bits per heavy atom. The minimum atomic E-state index is -0.290. The van der Waals surface area contributed by atoms with Gasteiger partial charge in [-0.2, -0.15) is 0 Å². The Morgan fingerprint density at radius 1 is 1.67 bits per heavy atom. The van der Waals surface area contributed by atoms with Crippen molar-refractivity contribution in [2.24, 2.45) is 5.73 Å². The zero-order valence-corrected chi connectivity index (χ0v) is 6.48. The molecule has 1 aliphatic rings. The minimum Gasteiger partial charge on any atom is -0.391 e. The highest BCUT2D eigenvalue weighted by molar-refractivity contribution is 7.13. The normalized spacial score (nSPS) is 39.0. The molecule has 0 aliphatic carbocycles. The lowest BCUT2D eigenvalue weighted by Crippen LogP contribution is -2.47. The third-order valence-electron chi connectivity index (χ3n) is 1.65. The lowest BCUT2D eigenvalue weighted by atomic mass is 10.1. The van der Waals surface area contributed by atoms with Gasteiger partial charge in [0.05, 0.1) is 6.10 Å². The summed E-state index contributed by atoms with van der Waals surface area (Å²) in [7, 11) is 2.59. The maximum absolute atomic E-state index is 9.13. The van der Waals surface area contributed by atoms with Crippen LogP contribution < -0.4 is 5.73 Å². The summed E-state index contributed by atoms with van der Waals surface area (Å²) in [4.78, 5) is 0. The summed E-state index contributed by atoms with van der Waals surface area (Å²) < 4.78 is 2.05. The molecule has 3 unspecified atom stereocenters. The first-order valence-electron chi connectivity index (χ1n) is 3.13. The summed E-state index contributed by atoms with van der Waals surface area (Å²) in [6, 6.07) is -0.0590. The van der Waals surface area contributed by atoms with Gasteiger partial charge in [-0.25, -0.2) is 0 Å². The maximum atomic E-state index is 9.13. The van der Waals surface area contributed by atoms with Crippen LogP contribution in [0.3, 0.4) is 0 Å². The standard InChI is InChI=1S/C5H13N2OP/c6-4-3-7(9)2-1-5(4)8/h4-5,8H,1-3,6,9H2. The lowest BCUT2D eigenvalue weighted by molar-refractivity contribution is 0.0943. The van der Waals surface area contributed by atoms with Gasteiger partial charge in [-0.05, 0) is 6.42 Å². The third kappa shape index (κ3) is 1.87. The van der Waals surface area contributed by atoms with Gasteiger partial charge in [0, 0.05) is 19.1 Å². The van der Waals surface area contributed by atoms with Gasteiger partial charge in [0.15, 0.2) is 0 Å². The molecule has 0 aromatic carbocycles. The quantitative estimate of drug-likeness (QED) is 0.441. The van der Waals surface area contributed by atoms with E-state index >= 15 is 0 Å². The van der Waals surface area contributed by atoms with E-state index in [4.69, 9.17) is 10.8 Å². The first-order chi connectivity index (χ1) is 4.20. The molecule has 1 rings (SSSR count). The van der Waals surface area contributed by atoms with Crippen molar-refractivity contribution in [3.8, 4) is 0 Å². The molecule has 1 aliphatic heterocycles. The van der Waals surface area contributed by atoms with E-state index < -0.39 is 0 Å². The molecular formula is C5H13N2OP. The number of aliphatic hydroxyl groups excluding tert-OH is 1. The number of aliphatic hydroxyl groups is 1. The van der Waals surface area contributed by atoms with Gasteiger partial charge in [-0.3, -0.25) is 4.67 Å². The topological polar surface area (TPSA) is 49.5 Å². The van der Waals surface area contributed by atoms with Gasteiger partial charge in [0.1, 0.15) is 0 Å². The minimum absolute atomic E-state index is 0.0590. The van der Waals surface area contributed by atoms with Gasteiger partial charge < -0.3 is 10.8 Å². The number of piperidine rings is 1. The largest absolute Gasteiger partial charge is 0.391 e. The van der Waals surface area contributed by atoms with Crippen molar-refractivity contribution < 1.29 is 5.11 Å². The Hall–Kier alpha value is 0.310. The molecule has 0 amide bonds. The summed E-state index contributed by atoms with van der Waals surface area (Å²) in [5.41, 5.74) is 5.56. The molecule has 0 radical (unpaired) electrons. The van der Waals surface area contributed by atoms with Crippen LogP contribution in [0.1, 0.15) is 6.42 Å². The Bertz CT molecular complexity index is 101. The molecule has 0 aromatic rings. The van der Waals surface area contributed by atoms with Crippen molar-refractivity contribution in [2.45, 2.75) is 18.6 Å². The van der Waals surface area contributed by atoms with Crippen LogP contribution >= 0.6 is 9.39 Å². The molecular weight excluding hydrogens is 135 g/mol. The molecule has 0 aromatic heterocycles. The van der Waals surface area contributed by atoms with Crippen LogP contribution in [0.2, 0.25) is 0 Å². The van der Waals surface area contributed by atoms with E-state index in [9.17, 15) is 0 Å². The van der Waals surface area contributed by atoms with E-state index in [1.165, 1.54) is 0 Å². The van der Waals surface area contributed by atoms with Crippen LogP contribution in [0.25, 0.3) is 0 Å². The maximum Gasteiger partial charge on any atom is 0.0716 e. The molecule has 1 saturated heterocycles. The van der Waals surface area contributed by atoms with Crippen molar-refractivity contribution in [1.82, 2.24) is 4.67 Å².